The summed E-state index contributed by atoms with van der Waals surface area (Å²) in [5, 5.41) is 6.82. The average molecular weight is 486 g/mol. The number of carbonyl (C=O) groups excluding carboxylic acids is 1. The number of aromatic nitrogens is 1. The Morgan fingerprint density at radius 3 is 2.50 bits per heavy atom. The largest absolute Gasteiger partial charge is 0.459 e. The van der Waals surface area contributed by atoms with Crippen LogP contribution in [0.3, 0.4) is 0 Å². The van der Waals surface area contributed by atoms with Gasteiger partial charge in [0, 0.05) is 16.1 Å². The van der Waals surface area contributed by atoms with Crippen molar-refractivity contribution in [2.24, 2.45) is 0 Å². The Morgan fingerprint density at radius 1 is 1.12 bits per heavy atom. The molecule has 0 saturated heterocycles. The third kappa shape index (κ3) is 5.31. The first-order valence-corrected chi connectivity index (χ1v) is 11.4. The second-order valence-corrected chi connectivity index (χ2v) is 8.78. The van der Waals surface area contributed by atoms with Gasteiger partial charge in [-0.05, 0) is 61.4 Å². The molecule has 4 rings (SSSR count). The topological polar surface area (TPSA) is 67.2 Å². The van der Waals surface area contributed by atoms with Crippen molar-refractivity contribution in [3.63, 3.8) is 0 Å². The lowest BCUT2D eigenvalue weighted by Gasteiger charge is -2.22. The van der Waals surface area contributed by atoms with Crippen LogP contribution in [0.25, 0.3) is 0 Å². The fourth-order valence-corrected chi connectivity index (χ4v) is 4.52. The number of pyridine rings is 1. The molecule has 1 amide bonds. The van der Waals surface area contributed by atoms with Crippen LogP contribution in [0.2, 0.25) is 0 Å². The standard InChI is InChI=1S/C25H22F3N3O2S/c1-3-18-14-19(24(34-18)31-23(32)20-7-5-13-33-20)22(30-21-8-4-6-15(2)29-21)16-9-11-17(12-10-16)25(26,27)28/h4-14,22H,3H2,1-2H3,(H,29,30)(H,31,32). The Labute approximate surface area is 198 Å². The minimum Gasteiger partial charge on any atom is -0.459 e. The molecular weight excluding hydrogens is 463 g/mol. The van der Waals surface area contributed by atoms with E-state index in [2.05, 4.69) is 15.6 Å². The molecule has 0 aliphatic carbocycles. The lowest BCUT2D eigenvalue weighted by atomic mass is 9.98. The van der Waals surface area contributed by atoms with Crippen molar-refractivity contribution in [1.82, 2.24) is 4.98 Å². The quantitative estimate of drug-likeness (QED) is 0.294. The number of nitrogens with zero attached hydrogens (tertiary/aromatic N) is 1. The van der Waals surface area contributed by atoms with Crippen molar-refractivity contribution in [1.29, 1.82) is 0 Å². The molecule has 0 aliphatic rings. The zero-order valence-electron chi connectivity index (χ0n) is 18.4. The molecule has 2 N–H and O–H groups in total. The van der Waals surface area contributed by atoms with Crippen molar-refractivity contribution in [2.75, 3.05) is 10.6 Å². The molecule has 5 nitrogen and oxygen atoms in total. The Balaban J connectivity index is 1.76. The van der Waals surface area contributed by atoms with Crippen molar-refractivity contribution < 1.29 is 22.4 Å². The second-order valence-electron chi connectivity index (χ2n) is 7.64. The molecule has 0 fully saturated rings. The van der Waals surface area contributed by atoms with E-state index in [-0.39, 0.29) is 5.76 Å². The summed E-state index contributed by atoms with van der Waals surface area (Å²) in [6.07, 6.45) is -2.28. The number of hydrogen-bond donors (Lipinski definition) is 2. The summed E-state index contributed by atoms with van der Waals surface area (Å²) in [4.78, 5) is 18.2. The van der Waals surface area contributed by atoms with Crippen LogP contribution in [0, 0.1) is 6.92 Å². The van der Waals surface area contributed by atoms with Gasteiger partial charge in [-0.1, -0.05) is 25.1 Å². The molecule has 9 heteroatoms. The molecule has 0 bridgehead atoms. The zero-order chi connectivity index (χ0) is 24.3. The van der Waals surface area contributed by atoms with Crippen molar-refractivity contribution in [2.45, 2.75) is 32.5 Å². The first kappa shape index (κ1) is 23.6. The maximum atomic E-state index is 13.1. The third-order valence-electron chi connectivity index (χ3n) is 5.20. The number of amides is 1. The summed E-state index contributed by atoms with van der Waals surface area (Å²) in [5.41, 5.74) is 1.40. The van der Waals surface area contributed by atoms with Gasteiger partial charge in [-0.15, -0.1) is 11.3 Å². The molecule has 176 valence electrons. The van der Waals surface area contributed by atoms with Crippen LogP contribution in [-0.4, -0.2) is 10.9 Å². The molecule has 0 saturated carbocycles. The van der Waals surface area contributed by atoms with E-state index in [1.54, 1.807) is 18.2 Å². The number of thiophene rings is 1. The Bertz CT molecular complexity index is 1270. The molecule has 0 spiro atoms. The minimum absolute atomic E-state index is 0.164. The number of anilines is 2. The van der Waals surface area contributed by atoms with Gasteiger partial charge in [0.2, 0.25) is 0 Å². The number of aryl methyl sites for hydroxylation is 2. The van der Waals surface area contributed by atoms with E-state index in [4.69, 9.17) is 4.42 Å². The molecule has 0 aliphatic heterocycles. The van der Waals surface area contributed by atoms with Gasteiger partial charge < -0.3 is 15.1 Å². The molecular formula is C25H22F3N3O2S. The lowest BCUT2D eigenvalue weighted by molar-refractivity contribution is -0.137. The van der Waals surface area contributed by atoms with Gasteiger partial charge >= 0.3 is 6.18 Å². The third-order valence-corrected chi connectivity index (χ3v) is 6.41. The fraction of sp³-hybridized carbons (Fsp3) is 0.200. The number of rotatable bonds is 7. The highest BCUT2D eigenvalue weighted by atomic mass is 32.1. The number of furan rings is 1. The number of nitrogens with one attached hydrogen (secondary N) is 2. The predicted octanol–water partition coefficient (Wildman–Crippen LogP) is 7.08. The highest BCUT2D eigenvalue weighted by molar-refractivity contribution is 7.16. The minimum atomic E-state index is -4.43. The molecule has 1 aromatic carbocycles. The van der Waals surface area contributed by atoms with E-state index < -0.39 is 23.7 Å². The van der Waals surface area contributed by atoms with Crippen LogP contribution in [0.15, 0.2) is 71.3 Å². The number of hydrogen-bond acceptors (Lipinski definition) is 5. The Morgan fingerprint density at radius 2 is 1.88 bits per heavy atom. The maximum Gasteiger partial charge on any atom is 0.416 e. The normalized spacial score (nSPS) is 12.4. The molecule has 34 heavy (non-hydrogen) atoms. The summed E-state index contributed by atoms with van der Waals surface area (Å²) in [6, 6.07) is 15.1. The monoisotopic (exact) mass is 485 g/mol. The van der Waals surface area contributed by atoms with E-state index >= 15 is 0 Å². The summed E-state index contributed by atoms with van der Waals surface area (Å²) < 4.78 is 44.6. The first-order chi connectivity index (χ1) is 16.2. The summed E-state index contributed by atoms with van der Waals surface area (Å²) in [7, 11) is 0. The number of benzene rings is 1. The summed E-state index contributed by atoms with van der Waals surface area (Å²) in [6.45, 7) is 3.85. The molecule has 0 radical (unpaired) electrons. The highest BCUT2D eigenvalue weighted by Crippen LogP contribution is 2.39. The Kier molecular flexibility index (Phi) is 6.74. The first-order valence-electron chi connectivity index (χ1n) is 10.6. The molecule has 3 aromatic heterocycles. The van der Waals surface area contributed by atoms with Crippen LogP contribution < -0.4 is 10.6 Å². The summed E-state index contributed by atoms with van der Waals surface area (Å²) >= 11 is 1.42. The second kappa shape index (κ2) is 9.72. The lowest BCUT2D eigenvalue weighted by Crippen LogP contribution is -2.17. The maximum absolute atomic E-state index is 13.1. The van der Waals surface area contributed by atoms with Crippen molar-refractivity contribution in [3.05, 3.63) is 99.9 Å². The van der Waals surface area contributed by atoms with E-state index in [9.17, 15) is 18.0 Å². The molecule has 4 aromatic rings. The Hall–Kier alpha value is -3.59. The van der Waals surface area contributed by atoms with Crippen LogP contribution in [0.5, 0.6) is 0 Å². The van der Waals surface area contributed by atoms with Gasteiger partial charge in [0.1, 0.15) is 10.8 Å². The predicted molar refractivity (Wildman–Crippen MR) is 126 cm³/mol. The smallest absolute Gasteiger partial charge is 0.416 e. The van der Waals surface area contributed by atoms with Gasteiger partial charge in [-0.3, -0.25) is 4.79 Å². The van der Waals surface area contributed by atoms with Crippen molar-refractivity contribution in [3.8, 4) is 0 Å². The SMILES string of the molecule is CCc1cc(C(Nc2cccc(C)n2)c2ccc(C(F)(F)F)cc2)c(NC(=O)c2ccco2)s1. The van der Waals surface area contributed by atoms with Crippen LogP contribution in [-0.2, 0) is 12.6 Å². The van der Waals surface area contributed by atoms with Crippen LogP contribution in [0.1, 0.15) is 50.8 Å². The highest BCUT2D eigenvalue weighted by Gasteiger charge is 2.31. The summed E-state index contributed by atoms with van der Waals surface area (Å²) in [5.74, 6) is 0.324. The van der Waals surface area contributed by atoms with E-state index in [1.807, 2.05) is 32.0 Å². The number of carbonyl (C=O) groups is 1. The van der Waals surface area contributed by atoms with E-state index in [0.717, 1.165) is 34.7 Å². The fourth-order valence-electron chi connectivity index (χ4n) is 3.49. The number of alkyl halides is 3. The average Bonchev–Trinajstić information content (AvgIpc) is 3.47. The van der Waals surface area contributed by atoms with E-state index in [0.29, 0.717) is 16.4 Å². The zero-order valence-corrected chi connectivity index (χ0v) is 19.3. The van der Waals surface area contributed by atoms with Crippen molar-refractivity contribution >= 4 is 28.1 Å². The van der Waals surface area contributed by atoms with Gasteiger partial charge in [-0.25, -0.2) is 4.98 Å². The van der Waals surface area contributed by atoms with E-state index in [1.165, 1.54) is 29.7 Å². The van der Waals surface area contributed by atoms with Crippen LogP contribution in [0.4, 0.5) is 24.0 Å². The molecule has 3 heterocycles. The van der Waals surface area contributed by atoms with Gasteiger partial charge in [-0.2, -0.15) is 13.2 Å². The van der Waals surface area contributed by atoms with Gasteiger partial charge in [0.25, 0.3) is 5.91 Å². The molecule has 1 atom stereocenters. The molecule has 1 unspecified atom stereocenters. The van der Waals surface area contributed by atoms with Gasteiger partial charge in [0.15, 0.2) is 5.76 Å². The number of halogens is 3. The van der Waals surface area contributed by atoms with Gasteiger partial charge in [0.05, 0.1) is 17.9 Å². The van der Waals surface area contributed by atoms with Crippen LogP contribution >= 0.6 is 11.3 Å².